The Labute approximate surface area is 222 Å². The van der Waals surface area contributed by atoms with Crippen molar-refractivity contribution in [1.82, 2.24) is 20.5 Å². The number of nitrogens with zero attached hydrogens (tertiary/aromatic N) is 2. The molecule has 198 valence electrons. The lowest BCUT2D eigenvalue weighted by Crippen LogP contribution is -2.48. The third-order valence-corrected chi connectivity index (χ3v) is 8.78. The van der Waals surface area contributed by atoms with E-state index in [0.29, 0.717) is 30.1 Å². The van der Waals surface area contributed by atoms with E-state index in [1.807, 2.05) is 43.0 Å². The Kier molecular flexibility index (Phi) is 6.99. The number of aliphatic hydroxyl groups excluding tert-OH is 1. The molecule has 2 amide bonds. The van der Waals surface area contributed by atoms with Crippen LogP contribution in [-0.2, 0) is 9.59 Å². The predicted octanol–water partition coefficient (Wildman–Crippen LogP) is 4.15. The summed E-state index contributed by atoms with van der Waals surface area (Å²) in [6, 6.07) is 8.29. The summed E-state index contributed by atoms with van der Waals surface area (Å²) < 4.78 is 0. The quantitative estimate of drug-likeness (QED) is 0.451. The zero-order chi connectivity index (χ0) is 26.4. The Morgan fingerprint density at radius 3 is 2.70 bits per heavy atom. The standard InChI is InChI=1S/C28H36ClN5O3/c1-27(2)13-18(24(35)33-27)10-20(15-30)31-25(36)23-14-28(8-4-3-5-9-28)16-34(23)26(37)22-11-17-6-7-19(29)12-21(17)32-22/h6-7,11-12,18,20,23,26,32,37H,3-5,8-10,13-14,16H2,1-2H3,(H,31,36)(H,33,35)/t18-,20+,23?,26?/m1/s1. The normalized spacial score (nSPS) is 26.6. The number of fused-ring (bicyclic) bond motifs is 1. The van der Waals surface area contributed by atoms with Crippen LogP contribution in [0.2, 0.25) is 5.02 Å². The SMILES string of the molecule is CC1(C)C[C@@H](C[C@@H](C#N)NC(=O)C2CC3(CCCCC3)CN2C(O)c2cc3ccc(Cl)cc3[nH]2)C(=O)N1. The zero-order valence-corrected chi connectivity index (χ0v) is 22.3. The number of aromatic amines is 1. The highest BCUT2D eigenvalue weighted by Crippen LogP contribution is 2.48. The van der Waals surface area contributed by atoms with Crippen LogP contribution in [0.25, 0.3) is 10.9 Å². The van der Waals surface area contributed by atoms with E-state index in [0.717, 1.165) is 36.6 Å². The minimum atomic E-state index is -0.995. The number of nitrogens with one attached hydrogen (secondary N) is 3. The van der Waals surface area contributed by atoms with Gasteiger partial charge in [0.05, 0.1) is 17.8 Å². The van der Waals surface area contributed by atoms with Crippen LogP contribution in [0.15, 0.2) is 24.3 Å². The highest BCUT2D eigenvalue weighted by atomic mass is 35.5. The molecule has 3 aliphatic rings. The molecular weight excluding hydrogens is 490 g/mol. The van der Waals surface area contributed by atoms with E-state index < -0.39 is 18.3 Å². The van der Waals surface area contributed by atoms with Gasteiger partial charge in [0, 0.05) is 28.5 Å². The fourth-order valence-corrected chi connectivity index (χ4v) is 6.95. The van der Waals surface area contributed by atoms with Gasteiger partial charge in [-0.15, -0.1) is 0 Å². The lowest BCUT2D eigenvalue weighted by Gasteiger charge is -2.34. The summed E-state index contributed by atoms with van der Waals surface area (Å²) in [5.74, 6) is -0.643. The van der Waals surface area contributed by atoms with E-state index in [1.54, 1.807) is 0 Å². The second kappa shape index (κ2) is 9.94. The van der Waals surface area contributed by atoms with E-state index in [9.17, 15) is 20.0 Å². The molecular formula is C28H36ClN5O3. The summed E-state index contributed by atoms with van der Waals surface area (Å²) in [7, 11) is 0. The molecule has 3 fully saturated rings. The number of carbonyl (C=O) groups is 2. The van der Waals surface area contributed by atoms with Gasteiger partial charge in [0.1, 0.15) is 12.3 Å². The third kappa shape index (κ3) is 5.36. The Hall–Kier alpha value is -2.60. The maximum Gasteiger partial charge on any atom is 0.238 e. The molecule has 9 heteroatoms. The molecule has 1 aromatic carbocycles. The van der Waals surface area contributed by atoms with Crippen LogP contribution in [0.1, 0.15) is 77.1 Å². The van der Waals surface area contributed by atoms with Gasteiger partial charge in [-0.2, -0.15) is 5.26 Å². The monoisotopic (exact) mass is 525 g/mol. The van der Waals surface area contributed by atoms with Crippen LogP contribution in [0.3, 0.4) is 0 Å². The molecule has 4 atom stereocenters. The van der Waals surface area contributed by atoms with E-state index in [4.69, 9.17) is 11.6 Å². The van der Waals surface area contributed by atoms with Gasteiger partial charge in [0.2, 0.25) is 11.8 Å². The van der Waals surface area contributed by atoms with Crippen molar-refractivity contribution in [1.29, 1.82) is 5.26 Å². The lowest BCUT2D eigenvalue weighted by molar-refractivity contribution is -0.130. The molecule has 3 heterocycles. The fourth-order valence-electron chi connectivity index (χ4n) is 6.78. The number of rotatable bonds is 6. The first-order valence-electron chi connectivity index (χ1n) is 13.3. The smallest absolute Gasteiger partial charge is 0.238 e. The zero-order valence-electron chi connectivity index (χ0n) is 21.5. The number of benzene rings is 1. The first-order chi connectivity index (χ1) is 17.6. The average molecular weight is 526 g/mol. The summed E-state index contributed by atoms with van der Waals surface area (Å²) in [4.78, 5) is 31.2. The third-order valence-electron chi connectivity index (χ3n) is 8.54. The molecule has 37 heavy (non-hydrogen) atoms. The number of nitriles is 1. The number of hydrogen-bond donors (Lipinski definition) is 4. The van der Waals surface area contributed by atoms with Gasteiger partial charge in [-0.25, -0.2) is 0 Å². The molecule has 1 saturated carbocycles. The van der Waals surface area contributed by atoms with Crippen LogP contribution in [-0.4, -0.2) is 51.0 Å². The molecule has 0 radical (unpaired) electrons. The van der Waals surface area contributed by atoms with Crippen molar-refractivity contribution in [2.45, 2.75) is 89.1 Å². The van der Waals surface area contributed by atoms with Gasteiger partial charge >= 0.3 is 0 Å². The minimum Gasteiger partial charge on any atom is -0.372 e. The highest BCUT2D eigenvalue weighted by molar-refractivity contribution is 6.31. The molecule has 2 saturated heterocycles. The Balaban J connectivity index is 1.35. The summed E-state index contributed by atoms with van der Waals surface area (Å²) in [5, 5.41) is 28.7. The Bertz CT molecular complexity index is 1230. The Morgan fingerprint density at radius 2 is 2.03 bits per heavy atom. The molecule has 2 aromatic rings. The topological polar surface area (TPSA) is 121 Å². The number of aromatic nitrogens is 1. The molecule has 0 bridgehead atoms. The number of likely N-dealkylation sites (tertiary alicyclic amines) is 1. The molecule has 2 aliphatic heterocycles. The van der Waals surface area contributed by atoms with Gasteiger partial charge in [0.15, 0.2) is 0 Å². The fraction of sp³-hybridized carbons (Fsp3) is 0.607. The van der Waals surface area contributed by atoms with Crippen molar-refractivity contribution in [3.05, 3.63) is 35.0 Å². The van der Waals surface area contributed by atoms with Gasteiger partial charge in [0.25, 0.3) is 0 Å². The molecule has 1 spiro atoms. The minimum absolute atomic E-state index is 0.0198. The lowest BCUT2D eigenvalue weighted by atomic mass is 9.72. The maximum absolute atomic E-state index is 13.6. The van der Waals surface area contributed by atoms with Crippen molar-refractivity contribution >= 4 is 34.3 Å². The van der Waals surface area contributed by atoms with Crippen molar-refractivity contribution in [3.63, 3.8) is 0 Å². The van der Waals surface area contributed by atoms with Crippen LogP contribution in [0.5, 0.6) is 0 Å². The number of H-pyrrole nitrogens is 1. The predicted molar refractivity (Wildman–Crippen MR) is 141 cm³/mol. The molecule has 5 rings (SSSR count). The van der Waals surface area contributed by atoms with Crippen molar-refractivity contribution in [2.24, 2.45) is 11.3 Å². The molecule has 4 N–H and O–H groups in total. The van der Waals surface area contributed by atoms with Gasteiger partial charge < -0.3 is 20.7 Å². The van der Waals surface area contributed by atoms with Crippen molar-refractivity contribution in [3.8, 4) is 6.07 Å². The Morgan fingerprint density at radius 1 is 1.27 bits per heavy atom. The molecule has 8 nitrogen and oxygen atoms in total. The largest absolute Gasteiger partial charge is 0.372 e. The maximum atomic E-state index is 13.6. The number of carbonyl (C=O) groups excluding carboxylic acids is 2. The number of aliphatic hydroxyl groups is 1. The van der Waals surface area contributed by atoms with E-state index in [-0.39, 0.29) is 35.1 Å². The summed E-state index contributed by atoms with van der Waals surface area (Å²) in [5.41, 5.74) is 1.12. The summed E-state index contributed by atoms with van der Waals surface area (Å²) in [6.45, 7) is 4.55. The summed E-state index contributed by atoms with van der Waals surface area (Å²) >= 11 is 6.15. The van der Waals surface area contributed by atoms with Crippen LogP contribution < -0.4 is 10.6 Å². The molecule has 2 unspecified atom stereocenters. The second-order valence-electron chi connectivity index (χ2n) is 12.0. The molecule has 1 aliphatic carbocycles. The average Bonchev–Trinajstić information content (AvgIpc) is 3.51. The van der Waals surface area contributed by atoms with E-state index >= 15 is 0 Å². The second-order valence-corrected chi connectivity index (χ2v) is 12.4. The highest BCUT2D eigenvalue weighted by Gasteiger charge is 2.50. The van der Waals surface area contributed by atoms with Crippen molar-refractivity contribution < 1.29 is 14.7 Å². The van der Waals surface area contributed by atoms with E-state index in [2.05, 4.69) is 21.7 Å². The summed E-state index contributed by atoms with van der Waals surface area (Å²) in [6.07, 6.45) is 6.06. The van der Waals surface area contributed by atoms with Crippen molar-refractivity contribution in [2.75, 3.05) is 6.54 Å². The van der Waals surface area contributed by atoms with Gasteiger partial charge in [-0.1, -0.05) is 36.9 Å². The number of halogens is 1. The van der Waals surface area contributed by atoms with Crippen LogP contribution >= 0.6 is 11.6 Å². The van der Waals surface area contributed by atoms with Gasteiger partial charge in [-0.3, -0.25) is 14.5 Å². The van der Waals surface area contributed by atoms with E-state index in [1.165, 1.54) is 6.42 Å². The van der Waals surface area contributed by atoms with Crippen LogP contribution in [0, 0.1) is 22.7 Å². The van der Waals surface area contributed by atoms with Crippen LogP contribution in [0.4, 0.5) is 0 Å². The first-order valence-corrected chi connectivity index (χ1v) is 13.7. The number of amides is 2. The first kappa shape index (κ1) is 26.0. The molecule has 1 aromatic heterocycles. The van der Waals surface area contributed by atoms with Gasteiger partial charge in [-0.05, 0) is 75.0 Å². The number of hydrogen-bond acceptors (Lipinski definition) is 5.